The van der Waals surface area contributed by atoms with Gasteiger partial charge < -0.3 is 54.3 Å². The molecule has 0 saturated carbocycles. The van der Waals surface area contributed by atoms with Crippen LogP contribution in [0.2, 0.25) is 0 Å². The highest BCUT2D eigenvalue weighted by atomic mass is 31.2. The third kappa shape index (κ3) is 5.28. The van der Waals surface area contributed by atoms with Gasteiger partial charge in [-0.05, 0) is 0 Å². The van der Waals surface area contributed by atoms with Crippen molar-refractivity contribution < 1.29 is 52.8 Å². The zero-order valence-electron chi connectivity index (χ0n) is 21.6. The minimum Gasteiger partial charge on any atom is -0.389 e. The van der Waals surface area contributed by atoms with Crippen molar-refractivity contribution >= 4 is 43.9 Å². The molecule has 2 saturated heterocycles. The summed E-state index contributed by atoms with van der Waals surface area (Å²) in [6, 6.07) is 0. The number of imidazole rings is 1. The predicted octanol–water partition coefficient (Wildman–Crippen LogP) is -2.61. The van der Waals surface area contributed by atoms with Crippen LogP contribution in [0, 0.1) is 0 Å². The number of nitrogens with two attached hydrogens (primary N) is 1. The molecule has 0 bridgehead atoms. The van der Waals surface area contributed by atoms with E-state index < -0.39 is 83.3 Å². The van der Waals surface area contributed by atoms with E-state index in [0.29, 0.717) is 0 Å². The molecule has 2 unspecified atom stereocenters. The van der Waals surface area contributed by atoms with Crippen molar-refractivity contribution in [2.45, 2.75) is 48.6 Å². The average Bonchev–Trinajstić information content (AvgIpc) is 3.72. The van der Waals surface area contributed by atoms with Gasteiger partial charge in [0.25, 0.3) is 5.56 Å². The molecule has 23 heteroatoms. The molecule has 10 atom stereocenters. The number of ether oxygens (including phenoxy) is 2. The van der Waals surface area contributed by atoms with Crippen LogP contribution in [0.15, 0.2) is 30.0 Å². The number of hydrogen-bond donors (Lipinski definition) is 7. The maximum Gasteiger partial charge on any atom is 0.338 e. The number of nitrogen functional groups attached to an aromatic ring is 1. The molecule has 232 valence electrons. The Balaban J connectivity index is 1.25. The molecule has 0 amide bonds. The molecule has 6 rings (SSSR count). The Morgan fingerprint density at radius 1 is 1.05 bits per heavy atom. The smallest absolute Gasteiger partial charge is 0.338 e. The first kappa shape index (κ1) is 29.9. The van der Waals surface area contributed by atoms with Crippen LogP contribution < -0.4 is 11.3 Å². The molecule has 0 spiro atoms. The number of hydrogen-bond acceptors (Lipinski definition) is 16. The number of nitrogens with zero attached hydrogens (tertiary/aromatic N) is 7. The van der Waals surface area contributed by atoms with Crippen molar-refractivity contribution in [1.29, 1.82) is 0 Å². The SMILES string of the molecule is Nc1ncnc2c1ncn2[C@@H]1O[C@H](COP(=O)(O)[C@@H]2[C@H](O)[C@@H](CO[PH](=O)O)O[C@H]2n2ncc3c(=O)[nH]cnc32)[C@@H](O)[C@H]1O. The summed E-state index contributed by atoms with van der Waals surface area (Å²) in [5.41, 5.74) is 3.82. The summed E-state index contributed by atoms with van der Waals surface area (Å²) < 4.78 is 48.5. The Morgan fingerprint density at radius 3 is 2.56 bits per heavy atom. The van der Waals surface area contributed by atoms with Crippen LogP contribution in [0.25, 0.3) is 22.2 Å². The Kier molecular flexibility index (Phi) is 7.90. The molecule has 2 aliphatic heterocycles. The summed E-state index contributed by atoms with van der Waals surface area (Å²) in [6.07, 6.45) is -5.86. The van der Waals surface area contributed by atoms with Crippen molar-refractivity contribution in [2.75, 3.05) is 18.9 Å². The van der Waals surface area contributed by atoms with Crippen LogP contribution in [0.3, 0.4) is 0 Å². The van der Waals surface area contributed by atoms with Gasteiger partial charge in [-0.1, -0.05) is 0 Å². The maximum atomic E-state index is 13.7. The summed E-state index contributed by atoms with van der Waals surface area (Å²) in [4.78, 5) is 50.7. The van der Waals surface area contributed by atoms with E-state index in [0.717, 1.165) is 17.2 Å². The summed E-state index contributed by atoms with van der Waals surface area (Å²) in [5, 5.41) is 36.4. The van der Waals surface area contributed by atoms with Crippen LogP contribution in [-0.4, -0.2) is 114 Å². The third-order valence-electron chi connectivity index (χ3n) is 7.14. The van der Waals surface area contributed by atoms with Gasteiger partial charge in [0.2, 0.25) is 0 Å². The van der Waals surface area contributed by atoms with E-state index in [-0.39, 0.29) is 28.0 Å². The number of rotatable bonds is 9. The van der Waals surface area contributed by atoms with E-state index in [1.807, 2.05) is 0 Å². The molecule has 0 aliphatic carbocycles. The second-order valence-electron chi connectivity index (χ2n) is 9.67. The second kappa shape index (κ2) is 11.4. The lowest BCUT2D eigenvalue weighted by atomic mass is 10.1. The van der Waals surface area contributed by atoms with Gasteiger partial charge in [0.1, 0.15) is 53.4 Å². The fourth-order valence-electron chi connectivity index (χ4n) is 5.06. The largest absolute Gasteiger partial charge is 0.389 e. The van der Waals surface area contributed by atoms with Crippen LogP contribution in [0.5, 0.6) is 0 Å². The Morgan fingerprint density at radius 2 is 1.79 bits per heavy atom. The number of nitrogens with one attached hydrogen (secondary N) is 1. The maximum absolute atomic E-state index is 13.7. The molecule has 43 heavy (non-hydrogen) atoms. The molecule has 6 heterocycles. The van der Waals surface area contributed by atoms with E-state index in [4.69, 9.17) is 24.6 Å². The lowest BCUT2D eigenvalue weighted by molar-refractivity contribution is -0.0498. The lowest BCUT2D eigenvalue weighted by Crippen LogP contribution is -2.36. The quantitative estimate of drug-likeness (QED) is 0.0917. The van der Waals surface area contributed by atoms with Crippen LogP contribution in [-0.2, 0) is 27.7 Å². The molecular formula is C20H25N9O12P2. The molecule has 4 aromatic heterocycles. The fourth-order valence-corrected chi connectivity index (χ4v) is 6.99. The predicted molar refractivity (Wildman–Crippen MR) is 140 cm³/mol. The van der Waals surface area contributed by atoms with Crippen molar-refractivity contribution in [3.8, 4) is 0 Å². The number of aliphatic hydroxyl groups excluding tert-OH is 3. The summed E-state index contributed by atoms with van der Waals surface area (Å²) in [6.45, 7) is -1.38. The van der Waals surface area contributed by atoms with Gasteiger partial charge in [0, 0.05) is 0 Å². The molecule has 0 radical (unpaired) electrons. The van der Waals surface area contributed by atoms with Gasteiger partial charge in [-0.15, -0.1) is 0 Å². The summed E-state index contributed by atoms with van der Waals surface area (Å²) in [7, 11) is -8.41. The standard InChI is InChI=1S/C20H25N9O12P2/c21-15-10-17(24-4-22-15)28(6-26-10)19-13(32)11(30)9(40-19)3-39-43(36,37)14-12(31)8(2-38-42(34)35)41-20(14)29-16-7(1-27-29)18(33)25-5-23-16/h1,4-6,8-9,11-14,19-20,30-32,42H,2-3H2,(H,34,35)(H,36,37)(H2,21,22,24)(H,23,25,33)/t8-,9-,11-,12-,13-,14-,19-,20-/m1/s1. The Bertz CT molecular complexity index is 1780. The van der Waals surface area contributed by atoms with Crippen molar-refractivity contribution in [3.63, 3.8) is 0 Å². The lowest BCUT2D eigenvalue weighted by Gasteiger charge is -2.26. The number of H-pyrrole nitrogens is 1. The zero-order valence-corrected chi connectivity index (χ0v) is 23.5. The molecule has 8 N–H and O–H groups in total. The topological polar surface area (TPSA) is 305 Å². The molecule has 2 aliphatic rings. The first-order valence-electron chi connectivity index (χ1n) is 12.5. The van der Waals surface area contributed by atoms with Gasteiger partial charge in [0.15, 0.2) is 29.6 Å². The average molecular weight is 645 g/mol. The van der Waals surface area contributed by atoms with Crippen LogP contribution >= 0.6 is 15.9 Å². The molecule has 2 fully saturated rings. The van der Waals surface area contributed by atoms with Crippen molar-refractivity contribution in [2.24, 2.45) is 0 Å². The number of fused-ring (bicyclic) bond motifs is 2. The number of aliphatic hydroxyl groups is 3. The fraction of sp³-hybridized carbons (Fsp3) is 0.500. The van der Waals surface area contributed by atoms with E-state index in [2.05, 4.69) is 34.5 Å². The van der Waals surface area contributed by atoms with Gasteiger partial charge >= 0.3 is 15.9 Å². The van der Waals surface area contributed by atoms with Gasteiger partial charge in [-0.2, -0.15) is 5.10 Å². The van der Waals surface area contributed by atoms with Gasteiger partial charge in [-0.3, -0.25) is 18.5 Å². The Hall–Kier alpha value is -3.20. The Labute approximate surface area is 239 Å². The van der Waals surface area contributed by atoms with E-state index in [1.54, 1.807) is 0 Å². The molecule has 4 aromatic rings. The highest BCUT2D eigenvalue weighted by Gasteiger charge is 2.56. The highest BCUT2D eigenvalue weighted by molar-refractivity contribution is 7.53. The van der Waals surface area contributed by atoms with Crippen LogP contribution in [0.4, 0.5) is 5.82 Å². The van der Waals surface area contributed by atoms with Crippen molar-refractivity contribution in [1.82, 2.24) is 39.3 Å². The van der Waals surface area contributed by atoms with Gasteiger partial charge in [-0.25, -0.2) is 24.6 Å². The van der Waals surface area contributed by atoms with E-state index in [9.17, 15) is 34.1 Å². The van der Waals surface area contributed by atoms with E-state index >= 15 is 0 Å². The minimum absolute atomic E-state index is 0.00898. The third-order valence-corrected chi connectivity index (χ3v) is 9.39. The first-order chi connectivity index (χ1) is 20.5. The molecular weight excluding hydrogens is 620 g/mol. The van der Waals surface area contributed by atoms with Gasteiger partial charge in [0.05, 0.1) is 32.1 Å². The van der Waals surface area contributed by atoms with Crippen LogP contribution in [0.1, 0.15) is 12.5 Å². The number of aromatic amines is 1. The molecule has 0 aromatic carbocycles. The summed E-state index contributed by atoms with van der Waals surface area (Å²) in [5.74, 6) is 0.0738. The highest BCUT2D eigenvalue weighted by Crippen LogP contribution is 2.57. The molecule has 21 nitrogen and oxygen atoms in total. The normalized spacial score (nSPS) is 31.6. The second-order valence-corrected chi connectivity index (χ2v) is 12.5. The van der Waals surface area contributed by atoms with E-state index in [1.165, 1.54) is 17.2 Å². The first-order valence-corrected chi connectivity index (χ1v) is 15.4. The monoisotopic (exact) mass is 645 g/mol. The number of anilines is 1. The summed E-state index contributed by atoms with van der Waals surface area (Å²) >= 11 is 0. The zero-order chi connectivity index (χ0) is 30.6. The number of aromatic nitrogens is 8. The van der Waals surface area contributed by atoms with Crippen molar-refractivity contribution in [3.05, 3.63) is 35.5 Å². The minimum atomic E-state index is -4.96.